The predicted molar refractivity (Wildman–Crippen MR) is 78.6 cm³/mol. The van der Waals surface area contributed by atoms with E-state index >= 15 is 0 Å². The van der Waals surface area contributed by atoms with Crippen LogP contribution in [0.4, 0.5) is 0 Å². The molecular weight excluding hydrogens is 218 g/mol. The molecule has 0 saturated heterocycles. The molecule has 0 saturated carbocycles. The maximum Gasteiger partial charge on any atom is 0.0178 e. The van der Waals surface area contributed by atoms with E-state index in [1.54, 1.807) is 0 Å². The van der Waals surface area contributed by atoms with Gasteiger partial charge in [0.25, 0.3) is 0 Å². The highest BCUT2D eigenvalue weighted by molar-refractivity contribution is 5.69. The summed E-state index contributed by atoms with van der Waals surface area (Å²) in [7, 11) is 0. The van der Waals surface area contributed by atoms with Crippen LogP contribution in [0.2, 0.25) is 0 Å². The van der Waals surface area contributed by atoms with Crippen LogP contribution in [-0.2, 0) is 6.54 Å². The molecule has 0 aliphatic rings. The minimum absolute atomic E-state index is 0.537. The third kappa shape index (κ3) is 2.62. The van der Waals surface area contributed by atoms with E-state index < -0.39 is 0 Å². The molecule has 2 N–H and O–H groups in total. The quantitative estimate of drug-likeness (QED) is 0.851. The lowest BCUT2D eigenvalue weighted by molar-refractivity contribution is 0.868. The molecule has 2 aromatic rings. The van der Waals surface area contributed by atoms with Gasteiger partial charge in [0, 0.05) is 6.54 Å². The van der Waals surface area contributed by atoms with Crippen molar-refractivity contribution in [3.63, 3.8) is 0 Å². The van der Waals surface area contributed by atoms with Crippen LogP contribution in [0.1, 0.15) is 36.5 Å². The van der Waals surface area contributed by atoms with E-state index in [0.717, 1.165) is 0 Å². The molecule has 0 amide bonds. The largest absolute Gasteiger partial charge is 0.326 e. The van der Waals surface area contributed by atoms with Crippen LogP contribution in [0.5, 0.6) is 0 Å². The summed E-state index contributed by atoms with van der Waals surface area (Å²) in [5.41, 5.74) is 12.1. The second-order valence-electron chi connectivity index (χ2n) is 5.15. The number of benzene rings is 2. The van der Waals surface area contributed by atoms with Crippen molar-refractivity contribution in [2.24, 2.45) is 5.73 Å². The second kappa shape index (κ2) is 5.36. The number of hydrogen-bond donors (Lipinski definition) is 1. The zero-order chi connectivity index (χ0) is 13.1. The molecule has 94 valence electrons. The van der Waals surface area contributed by atoms with Crippen LogP contribution < -0.4 is 5.73 Å². The van der Waals surface area contributed by atoms with Gasteiger partial charge in [-0.2, -0.15) is 0 Å². The third-order valence-electron chi connectivity index (χ3n) is 3.33. The van der Waals surface area contributed by atoms with Crippen molar-refractivity contribution >= 4 is 0 Å². The van der Waals surface area contributed by atoms with E-state index in [4.69, 9.17) is 5.73 Å². The lowest BCUT2D eigenvalue weighted by atomic mass is 9.91. The number of rotatable bonds is 3. The first-order valence-electron chi connectivity index (χ1n) is 6.51. The summed E-state index contributed by atoms with van der Waals surface area (Å²) in [5, 5.41) is 0. The van der Waals surface area contributed by atoms with E-state index in [1.807, 2.05) is 0 Å². The van der Waals surface area contributed by atoms with Gasteiger partial charge in [0.05, 0.1) is 0 Å². The van der Waals surface area contributed by atoms with E-state index in [0.29, 0.717) is 12.5 Å². The molecule has 0 fully saturated rings. The topological polar surface area (TPSA) is 26.0 Å². The lowest BCUT2D eigenvalue weighted by Gasteiger charge is -2.14. The summed E-state index contributed by atoms with van der Waals surface area (Å²) in [6.07, 6.45) is 0. The Balaban J connectivity index is 2.50. The Kier molecular flexibility index (Phi) is 3.83. The molecule has 18 heavy (non-hydrogen) atoms. The van der Waals surface area contributed by atoms with Gasteiger partial charge in [-0.3, -0.25) is 0 Å². The van der Waals surface area contributed by atoms with Crippen molar-refractivity contribution in [1.82, 2.24) is 0 Å². The van der Waals surface area contributed by atoms with Crippen molar-refractivity contribution in [3.05, 3.63) is 59.2 Å². The molecular formula is C17H21N. The molecule has 0 unspecified atom stereocenters. The van der Waals surface area contributed by atoms with Crippen LogP contribution >= 0.6 is 0 Å². The van der Waals surface area contributed by atoms with E-state index in [9.17, 15) is 0 Å². The smallest absolute Gasteiger partial charge is 0.0178 e. The van der Waals surface area contributed by atoms with Crippen molar-refractivity contribution in [3.8, 4) is 11.1 Å². The SMILES string of the molecule is Cc1ccc(C(C)C)c(-c2ccc(CN)cc2)c1. The van der Waals surface area contributed by atoms with Crippen LogP contribution in [0.25, 0.3) is 11.1 Å². The Hall–Kier alpha value is -1.60. The summed E-state index contributed by atoms with van der Waals surface area (Å²) >= 11 is 0. The van der Waals surface area contributed by atoms with Gasteiger partial charge in [-0.05, 0) is 35.1 Å². The average molecular weight is 239 g/mol. The van der Waals surface area contributed by atoms with Crippen LogP contribution in [-0.4, -0.2) is 0 Å². The zero-order valence-electron chi connectivity index (χ0n) is 11.4. The summed E-state index contributed by atoms with van der Waals surface area (Å²) in [6.45, 7) is 7.22. The van der Waals surface area contributed by atoms with Crippen LogP contribution in [0.3, 0.4) is 0 Å². The molecule has 0 radical (unpaired) electrons. The number of nitrogens with two attached hydrogens (primary N) is 1. The highest BCUT2D eigenvalue weighted by Crippen LogP contribution is 2.30. The van der Waals surface area contributed by atoms with Gasteiger partial charge in [0.2, 0.25) is 0 Å². The minimum Gasteiger partial charge on any atom is -0.326 e. The van der Waals surface area contributed by atoms with Crippen molar-refractivity contribution < 1.29 is 0 Å². The molecule has 2 aromatic carbocycles. The third-order valence-corrected chi connectivity index (χ3v) is 3.33. The maximum atomic E-state index is 5.64. The number of aryl methyl sites for hydroxylation is 1. The number of hydrogen-bond acceptors (Lipinski definition) is 1. The van der Waals surface area contributed by atoms with Gasteiger partial charge in [-0.1, -0.05) is 61.9 Å². The van der Waals surface area contributed by atoms with Gasteiger partial charge < -0.3 is 5.73 Å². The predicted octanol–water partition coefficient (Wildman–Crippen LogP) is 4.24. The molecule has 0 atom stereocenters. The standard InChI is InChI=1S/C17H21N/c1-12(2)16-9-4-13(3)10-17(16)15-7-5-14(11-18)6-8-15/h4-10,12H,11,18H2,1-3H3. The van der Waals surface area contributed by atoms with Gasteiger partial charge in [-0.15, -0.1) is 0 Å². The summed E-state index contributed by atoms with van der Waals surface area (Å²) in [6, 6.07) is 15.3. The molecule has 0 bridgehead atoms. The molecule has 0 heterocycles. The highest BCUT2D eigenvalue weighted by atomic mass is 14.5. The Bertz CT molecular complexity index is 524. The fraction of sp³-hybridized carbons (Fsp3) is 0.294. The molecule has 0 spiro atoms. The maximum absolute atomic E-state index is 5.64. The second-order valence-corrected chi connectivity index (χ2v) is 5.15. The minimum atomic E-state index is 0.537. The molecule has 0 aromatic heterocycles. The normalized spacial score (nSPS) is 10.9. The molecule has 2 rings (SSSR count). The Morgan fingerprint density at radius 2 is 1.67 bits per heavy atom. The Labute approximate surface area is 110 Å². The Morgan fingerprint density at radius 1 is 1.00 bits per heavy atom. The first-order chi connectivity index (χ1) is 8.61. The summed E-state index contributed by atoms with van der Waals surface area (Å²) in [5.74, 6) is 0.537. The van der Waals surface area contributed by atoms with E-state index in [2.05, 4.69) is 63.2 Å². The summed E-state index contributed by atoms with van der Waals surface area (Å²) < 4.78 is 0. The van der Waals surface area contributed by atoms with Gasteiger partial charge in [0.15, 0.2) is 0 Å². The van der Waals surface area contributed by atoms with Gasteiger partial charge in [-0.25, -0.2) is 0 Å². The van der Waals surface area contributed by atoms with Crippen molar-refractivity contribution in [1.29, 1.82) is 0 Å². The van der Waals surface area contributed by atoms with Crippen molar-refractivity contribution in [2.45, 2.75) is 33.2 Å². The van der Waals surface area contributed by atoms with Crippen molar-refractivity contribution in [2.75, 3.05) is 0 Å². The monoisotopic (exact) mass is 239 g/mol. The van der Waals surface area contributed by atoms with E-state index in [-0.39, 0.29) is 0 Å². The average Bonchev–Trinajstić information content (AvgIpc) is 2.38. The molecule has 1 heteroatoms. The van der Waals surface area contributed by atoms with Gasteiger partial charge in [0.1, 0.15) is 0 Å². The molecule has 1 nitrogen and oxygen atoms in total. The first kappa shape index (κ1) is 12.8. The molecule has 0 aliphatic carbocycles. The van der Waals surface area contributed by atoms with Gasteiger partial charge >= 0.3 is 0 Å². The fourth-order valence-corrected chi connectivity index (χ4v) is 2.24. The van der Waals surface area contributed by atoms with E-state index in [1.165, 1.54) is 27.8 Å². The summed E-state index contributed by atoms with van der Waals surface area (Å²) in [4.78, 5) is 0. The molecule has 0 aliphatic heterocycles. The highest BCUT2D eigenvalue weighted by Gasteiger charge is 2.08. The first-order valence-corrected chi connectivity index (χ1v) is 6.51. The van der Waals surface area contributed by atoms with Crippen LogP contribution in [0, 0.1) is 6.92 Å². The van der Waals surface area contributed by atoms with Crippen LogP contribution in [0.15, 0.2) is 42.5 Å². The Morgan fingerprint density at radius 3 is 2.22 bits per heavy atom. The fourth-order valence-electron chi connectivity index (χ4n) is 2.24. The lowest BCUT2D eigenvalue weighted by Crippen LogP contribution is -1.96. The zero-order valence-corrected chi connectivity index (χ0v) is 11.4.